The number of halogens is 3. The molecule has 2 aromatic rings. The fourth-order valence-corrected chi connectivity index (χ4v) is 4.28. The number of rotatable bonds is 6. The van der Waals surface area contributed by atoms with Gasteiger partial charge in [-0.1, -0.05) is 13.0 Å². The summed E-state index contributed by atoms with van der Waals surface area (Å²) in [6, 6.07) is 8.14. The number of ether oxygens (including phenoxy) is 2. The topological polar surface area (TPSA) is 84.9 Å². The Morgan fingerprint density at radius 3 is 2.47 bits per heavy atom. The number of carbonyl (C=O) groups excluding carboxylic acids is 1. The van der Waals surface area contributed by atoms with Gasteiger partial charge in [0.05, 0.1) is 17.0 Å². The number of sulfonamides is 1. The summed E-state index contributed by atoms with van der Waals surface area (Å²) in [5, 5.41) is 2.56. The van der Waals surface area contributed by atoms with E-state index in [0.29, 0.717) is 36.5 Å². The number of hydrogen-bond donors (Lipinski definition) is 1. The van der Waals surface area contributed by atoms with Crippen molar-refractivity contribution in [3.63, 3.8) is 0 Å². The van der Waals surface area contributed by atoms with Gasteiger partial charge in [-0.05, 0) is 30.3 Å². The highest BCUT2D eigenvalue weighted by atomic mass is 32.2. The van der Waals surface area contributed by atoms with Crippen molar-refractivity contribution < 1.29 is 35.9 Å². The standard InChI is InChI=1S/C19H19F3N2O5S/c1-2-24(30(26,27)15-5-3-4-13(10-15)19(20,21)22)12-18(25)23-14-6-7-16-17(11-14)29-9-8-28-16/h3-7,10-11H,2,8-9,12H2,1H3,(H,23,25). The second-order valence-electron chi connectivity index (χ2n) is 6.36. The zero-order chi connectivity index (χ0) is 21.9. The first-order valence-electron chi connectivity index (χ1n) is 8.98. The molecule has 2 aromatic carbocycles. The van der Waals surface area contributed by atoms with E-state index in [-0.39, 0.29) is 6.54 Å². The lowest BCUT2D eigenvalue weighted by Crippen LogP contribution is -2.38. The van der Waals surface area contributed by atoms with Crippen LogP contribution in [0.25, 0.3) is 0 Å². The van der Waals surface area contributed by atoms with Gasteiger partial charge in [0.1, 0.15) is 13.2 Å². The van der Waals surface area contributed by atoms with Gasteiger partial charge in [-0.3, -0.25) is 4.79 Å². The molecule has 3 rings (SSSR count). The number of carbonyl (C=O) groups is 1. The van der Waals surface area contributed by atoms with Gasteiger partial charge in [-0.25, -0.2) is 8.42 Å². The smallest absolute Gasteiger partial charge is 0.416 e. The highest BCUT2D eigenvalue weighted by molar-refractivity contribution is 7.89. The van der Waals surface area contributed by atoms with Crippen molar-refractivity contribution in [2.75, 3.05) is 31.6 Å². The molecule has 0 saturated carbocycles. The maximum Gasteiger partial charge on any atom is 0.416 e. The van der Waals surface area contributed by atoms with Crippen LogP contribution in [-0.2, 0) is 21.0 Å². The minimum atomic E-state index is -4.68. The van der Waals surface area contributed by atoms with Crippen molar-refractivity contribution in [3.8, 4) is 11.5 Å². The average Bonchev–Trinajstić information content (AvgIpc) is 2.71. The molecule has 0 saturated heterocycles. The number of nitrogens with zero attached hydrogens (tertiary/aromatic N) is 1. The molecular formula is C19H19F3N2O5S. The maximum absolute atomic E-state index is 12.9. The Labute approximate surface area is 171 Å². The summed E-state index contributed by atoms with van der Waals surface area (Å²) in [5.74, 6) is 0.327. The lowest BCUT2D eigenvalue weighted by atomic mass is 10.2. The van der Waals surface area contributed by atoms with Gasteiger partial charge in [-0.2, -0.15) is 17.5 Å². The highest BCUT2D eigenvalue weighted by Gasteiger charge is 2.33. The zero-order valence-electron chi connectivity index (χ0n) is 15.9. The maximum atomic E-state index is 12.9. The van der Waals surface area contributed by atoms with Crippen molar-refractivity contribution in [1.82, 2.24) is 4.31 Å². The monoisotopic (exact) mass is 444 g/mol. The van der Waals surface area contributed by atoms with E-state index >= 15 is 0 Å². The second kappa shape index (κ2) is 8.52. The van der Waals surface area contributed by atoms with Crippen molar-refractivity contribution in [2.24, 2.45) is 0 Å². The van der Waals surface area contributed by atoms with Crippen LogP contribution >= 0.6 is 0 Å². The SMILES string of the molecule is CCN(CC(=O)Nc1ccc2c(c1)OCCO2)S(=O)(=O)c1cccc(C(F)(F)F)c1. The summed E-state index contributed by atoms with van der Waals surface area (Å²) in [5.41, 5.74) is -0.711. The van der Waals surface area contributed by atoms with Gasteiger partial charge in [0.25, 0.3) is 0 Å². The quantitative estimate of drug-likeness (QED) is 0.740. The number of anilines is 1. The van der Waals surface area contributed by atoms with E-state index in [4.69, 9.17) is 9.47 Å². The summed E-state index contributed by atoms with van der Waals surface area (Å²) >= 11 is 0. The lowest BCUT2D eigenvalue weighted by Gasteiger charge is -2.21. The average molecular weight is 444 g/mol. The van der Waals surface area contributed by atoms with E-state index in [1.54, 1.807) is 18.2 Å². The number of hydrogen-bond acceptors (Lipinski definition) is 5. The predicted octanol–water partition coefficient (Wildman–Crippen LogP) is 3.13. The normalized spacial score (nSPS) is 13.9. The Morgan fingerprint density at radius 1 is 1.10 bits per heavy atom. The Morgan fingerprint density at radius 2 is 1.80 bits per heavy atom. The molecule has 1 heterocycles. The van der Waals surface area contributed by atoms with Gasteiger partial charge in [-0.15, -0.1) is 0 Å². The van der Waals surface area contributed by atoms with Gasteiger partial charge >= 0.3 is 6.18 Å². The Kier molecular flexibility index (Phi) is 6.22. The summed E-state index contributed by atoms with van der Waals surface area (Å²) in [7, 11) is -4.31. The van der Waals surface area contributed by atoms with Crippen molar-refractivity contribution >= 4 is 21.6 Å². The second-order valence-corrected chi connectivity index (χ2v) is 8.30. The molecule has 7 nitrogen and oxygen atoms in total. The Bertz CT molecular complexity index is 1040. The Balaban J connectivity index is 1.75. The highest BCUT2D eigenvalue weighted by Crippen LogP contribution is 2.33. The summed E-state index contributed by atoms with van der Waals surface area (Å²) in [6.45, 7) is 1.60. The third-order valence-electron chi connectivity index (χ3n) is 4.30. The van der Waals surface area contributed by atoms with E-state index in [9.17, 15) is 26.4 Å². The molecular weight excluding hydrogens is 425 g/mol. The molecule has 0 fully saturated rings. The molecule has 0 atom stereocenters. The third-order valence-corrected chi connectivity index (χ3v) is 6.21. The fraction of sp³-hybridized carbons (Fsp3) is 0.316. The first-order valence-corrected chi connectivity index (χ1v) is 10.4. The molecule has 1 aliphatic heterocycles. The molecule has 0 aromatic heterocycles. The van der Waals surface area contributed by atoms with Crippen LogP contribution in [0.2, 0.25) is 0 Å². The van der Waals surface area contributed by atoms with E-state index in [1.165, 1.54) is 6.92 Å². The van der Waals surface area contributed by atoms with Crippen LogP contribution in [0.4, 0.5) is 18.9 Å². The summed E-state index contributed by atoms with van der Waals surface area (Å²) in [4.78, 5) is 11.8. The molecule has 1 N–H and O–H groups in total. The molecule has 0 aliphatic carbocycles. The number of fused-ring (bicyclic) bond motifs is 1. The van der Waals surface area contributed by atoms with Gasteiger partial charge in [0.15, 0.2) is 11.5 Å². The number of nitrogens with one attached hydrogen (secondary N) is 1. The van der Waals surface area contributed by atoms with Crippen LogP contribution in [0.3, 0.4) is 0 Å². The van der Waals surface area contributed by atoms with Crippen LogP contribution in [0, 0.1) is 0 Å². The fourth-order valence-electron chi connectivity index (χ4n) is 2.83. The minimum Gasteiger partial charge on any atom is -0.486 e. The van der Waals surface area contributed by atoms with E-state index in [2.05, 4.69) is 5.32 Å². The van der Waals surface area contributed by atoms with Crippen LogP contribution < -0.4 is 14.8 Å². The molecule has 1 amide bonds. The van der Waals surface area contributed by atoms with Crippen LogP contribution in [0.15, 0.2) is 47.4 Å². The largest absolute Gasteiger partial charge is 0.486 e. The van der Waals surface area contributed by atoms with Crippen LogP contribution in [0.5, 0.6) is 11.5 Å². The third kappa shape index (κ3) is 4.85. The molecule has 0 bridgehead atoms. The molecule has 162 valence electrons. The zero-order valence-corrected chi connectivity index (χ0v) is 16.7. The van der Waals surface area contributed by atoms with Gasteiger partial charge in [0.2, 0.25) is 15.9 Å². The molecule has 30 heavy (non-hydrogen) atoms. The summed E-state index contributed by atoms with van der Waals surface area (Å²) < 4.78 is 75.9. The molecule has 0 spiro atoms. The Hall–Kier alpha value is -2.79. The summed E-state index contributed by atoms with van der Waals surface area (Å²) in [6.07, 6.45) is -4.68. The number of amides is 1. The van der Waals surface area contributed by atoms with Gasteiger partial charge in [0, 0.05) is 18.3 Å². The first-order chi connectivity index (χ1) is 14.1. The number of likely N-dealkylation sites (N-methyl/N-ethyl adjacent to an activating group) is 1. The van der Waals surface area contributed by atoms with Gasteiger partial charge < -0.3 is 14.8 Å². The minimum absolute atomic E-state index is 0.104. The van der Waals surface area contributed by atoms with Crippen molar-refractivity contribution in [3.05, 3.63) is 48.0 Å². The number of alkyl halides is 3. The lowest BCUT2D eigenvalue weighted by molar-refractivity contribution is -0.137. The van der Waals surface area contributed by atoms with E-state index < -0.39 is 39.1 Å². The number of benzene rings is 2. The first kappa shape index (κ1) is 21.9. The molecule has 0 radical (unpaired) electrons. The van der Waals surface area contributed by atoms with E-state index in [0.717, 1.165) is 22.5 Å². The van der Waals surface area contributed by atoms with Crippen molar-refractivity contribution in [1.29, 1.82) is 0 Å². The molecule has 1 aliphatic rings. The van der Waals surface area contributed by atoms with Crippen molar-refractivity contribution in [2.45, 2.75) is 18.0 Å². The van der Waals surface area contributed by atoms with Crippen LogP contribution in [-0.4, -0.2) is 44.9 Å². The molecule has 0 unspecified atom stereocenters. The molecule has 11 heteroatoms. The van der Waals surface area contributed by atoms with E-state index in [1.807, 2.05) is 0 Å². The van der Waals surface area contributed by atoms with Crippen LogP contribution in [0.1, 0.15) is 12.5 Å². The predicted molar refractivity (Wildman–Crippen MR) is 102 cm³/mol.